The van der Waals surface area contributed by atoms with Crippen LogP contribution in [0.5, 0.6) is 0 Å². The molecular formula is C40H35N3OPt. The number of hydrogen-bond acceptors (Lipinski definition) is 3. The first-order valence-corrected chi connectivity index (χ1v) is 15.5. The number of para-hydroxylation sites is 1. The van der Waals surface area contributed by atoms with Gasteiger partial charge in [0.2, 0.25) is 0 Å². The number of benzene rings is 4. The molecule has 4 nitrogen and oxygen atoms in total. The largest absolute Gasteiger partial charge is 2.00 e. The maximum atomic E-state index is 6.71. The molecule has 5 heteroatoms. The summed E-state index contributed by atoms with van der Waals surface area (Å²) in [6.45, 7) is 13.3. The molecule has 2 aliphatic rings. The van der Waals surface area contributed by atoms with E-state index < -0.39 is 0 Å². The third-order valence-electron chi connectivity index (χ3n) is 9.48. The first-order valence-electron chi connectivity index (χ1n) is 15.5. The van der Waals surface area contributed by atoms with Crippen LogP contribution in [0.1, 0.15) is 52.8 Å². The molecule has 2 atom stereocenters. The standard InChI is InChI=1S/C40H35N3O.Pt/c1-23-13-14-41-33(19-23)27-11-12-32-31-9-7-8-10-34(31)43(35(32)21-27)30-18-25(3)17-29(20-30)39-42-38-36(44-39)22-28-16-24(2)15-26(4)37(28)40(38,5)6;/h7-19,36,38H,22H2,1-6H3;/q-2;+2/t36-,38+;/m0./s1. The van der Waals surface area contributed by atoms with Gasteiger partial charge < -0.3 is 14.3 Å². The van der Waals surface area contributed by atoms with Crippen molar-refractivity contribution in [3.8, 4) is 16.9 Å². The normalized spacial score (nSPS) is 18.2. The molecule has 0 fully saturated rings. The van der Waals surface area contributed by atoms with Crippen LogP contribution in [0.2, 0.25) is 0 Å². The van der Waals surface area contributed by atoms with Crippen molar-refractivity contribution in [3.05, 3.63) is 130 Å². The number of aliphatic imine (C=N–C) groups is 1. The molecule has 0 bridgehead atoms. The molecule has 0 saturated heterocycles. The second-order valence-electron chi connectivity index (χ2n) is 13.2. The number of hydrogen-bond donors (Lipinski definition) is 0. The minimum atomic E-state index is -0.132. The Bertz CT molecular complexity index is 2170. The van der Waals surface area contributed by atoms with Crippen molar-refractivity contribution >= 4 is 27.7 Å². The molecule has 0 N–H and O–H groups in total. The molecule has 6 aromatic rings. The van der Waals surface area contributed by atoms with E-state index in [4.69, 9.17) is 9.73 Å². The van der Waals surface area contributed by atoms with Gasteiger partial charge in [-0.3, -0.25) is 4.99 Å². The third kappa shape index (κ3) is 4.77. The summed E-state index contributed by atoms with van der Waals surface area (Å²) >= 11 is 0. The number of nitrogens with zero attached hydrogens (tertiary/aromatic N) is 3. The molecular weight excluding hydrogens is 734 g/mol. The maximum Gasteiger partial charge on any atom is 2.00 e. The van der Waals surface area contributed by atoms with E-state index in [9.17, 15) is 0 Å². The number of rotatable bonds is 3. The van der Waals surface area contributed by atoms with E-state index in [2.05, 4.69) is 130 Å². The monoisotopic (exact) mass is 768 g/mol. The van der Waals surface area contributed by atoms with Gasteiger partial charge in [0, 0.05) is 23.5 Å². The molecule has 3 heterocycles. The van der Waals surface area contributed by atoms with Crippen LogP contribution >= 0.6 is 0 Å². The predicted molar refractivity (Wildman–Crippen MR) is 179 cm³/mol. The van der Waals surface area contributed by atoms with Crippen molar-refractivity contribution in [2.24, 2.45) is 4.99 Å². The number of aromatic nitrogens is 2. The van der Waals surface area contributed by atoms with Crippen molar-refractivity contribution in [1.29, 1.82) is 0 Å². The van der Waals surface area contributed by atoms with Crippen molar-refractivity contribution in [3.63, 3.8) is 0 Å². The molecule has 0 radical (unpaired) electrons. The second kappa shape index (κ2) is 10.8. The minimum Gasteiger partial charge on any atom is -0.514 e. The molecule has 226 valence electrons. The molecule has 45 heavy (non-hydrogen) atoms. The molecule has 1 aliphatic carbocycles. The van der Waals surface area contributed by atoms with E-state index in [1.54, 1.807) is 0 Å². The van der Waals surface area contributed by atoms with Crippen molar-refractivity contribution in [2.75, 3.05) is 0 Å². The molecule has 4 aromatic carbocycles. The van der Waals surface area contributed by atoms with Gasteiger partial charge in [0.1, 0.15) is 12.0 Å². The molecule has 0 amide bonds. The van der Waals surface area contributed by atoms with E-state index in [1.807, 2.05) is 12.3 Å². The Labute approximate surface area is 279 Å². The maximum absolute atomic E-state index is 6.71. The van der Waals surface area contributed by atoms with Gasteiger partial charge in [-0.25, -0.2) is 0 Å². The molecule has 1 aliphatic heterocycles. The molecule has 2 aromatic heterocycles. The Balaban J connectivity index is 0.00000325. The summed E-state index contributed by atoms with van der Waals surface area (Å²) < 4.78 is 8.98. The summed E-state index contributed by atoms with van der Waals surface area (Å²) in [4.78, 5) is 9.93. The molecule has 0 unspecified atom stereocenters. The van der Waals surface area contributed by atoms with E-state index >= 15 is 0 Å². The van der Waals surface area contributed by atoms with Crippen molar-refractivity contribution < 1.29 is 25.8 Å². The van der Waals surface area contributed by atoms with Crippen LogP contribution < -0.4 is 0 Å². The summed E-state index contributed by atoms with van der Waals surface area (Å²) in [5.74, 6) is 0.689. The van der Waals surface area contributed by atoms with Gasteiger partial charge in [0.05, 0.1) is 6.04 Å². The van der Waals surface area contributed by atoms with Crippen molar-refractivity contribution in [1.82, 2.24) is 9.55 Å². The van der Waals surface area contributed by atoms with Gasteiger partial charge in [0.25, 0.3) is 0 Å². The summed E-state index contributed by atoms with van der Waals surface area (Å²) in [5, 5.41) is 2.34. The number of ether oxygens (including phenoxy) is 1. The van der Waals surface area contributed by atoms with Gasteiger partial charge in [-0.15, -0.1) is 47.5 Å². The fourth-order valence-electron chi connectivity index (χ4n) is 7.77. The third-order valence-corrected chi connectivity index (χ3v) is 9.48. The number of fused-ring (bicyclic) bond motifs is 5. The Morgan fingerprint density at radius 1 is 0.822 bits per heavy atom. The van der Waals surface area contributed by atoms with Crippen LogP contribution in [0.15, 0.2) is 84.0 Å². The SMILES string of the molecule is Cc1cc(C2=N[C@@H]3[C@H](Cc4cc(C)cc(C)c4C3(C)C)O2)[c-]c(-n2c3[c-]c(-c4cc(C)ccn4)ccc3c3ccccc32)c1.[Pt+2]. The van der Waals surface area contributed by atoms with Crippen LogP contribution in [0.3, 0.4) is 0 Å². The molecule has 0 spiro atoms. The summed E-state index contributed by atoms with van der Waals surface area (Å²) in [6, 6.07) is 33.5. The van der Waals surface area contributed by atoms with Gasteiger partial charge >= 0.3 is 21.1 Å². The van der Waals surface area contributed by atoms with Crippen molar-refractivity contribution in [2.45, 2.75) is 65.5 Å². The zero-order chi connectivity index (χ0) is 30.3. The van der Waals surface area contributed by atoms with Gasteiger partial charge in [-0.1, -0.05) is 79.2 Å². The van der Waals surface area contributed by atoms with E-state index in [1.165, 1.54) is 33.2 Å². The van der Waals surface area contributed by atoms with E-state index in [0.717, 1.165) is 50.9 Å². The molecule has 8 rings (SSSR count). The average molecular weight is 769 g/mol. The van der Waals surface area contributed by atoms with Crippen LogP contribution in [0.4, 0.5) is 0 Å². The quantitative estimate of drug-likeness (QED) is 0.169. The van der Waals surface area contributed by atoms with Crippen LogP contribution in [-0.2, 0) is 37.6 Å². The fourth-order valence-corrected chi connectivity index (χ4v) is 7.77. The summed E-state index contributed by atoms with van der Waals surface area (Å²) in [6.07, 6.45) is 2.74. The van der Waals surface area contributed by atoms with Crippen LogP contribution in [-0.4, -0.2) is 27.6 Å². The Kier molecular flexibility index (Phi) is 7.13. The average Bonchev–Trinajstić information content (AvgIpc) is 3.56. The summed E-state index contributed by atoms with van der Waals surface area (Å²) in [5.41, 5.74) is 13.5. The zero-order valence-corrected chi connectivity index (χ0v) is 28.7. The Morgan fingerprint density at radius 2 is 1.62 bits per heavy atom. The number of pyridine rings is 1. The summed E-state index contributed by atoms with van der Waals surface area (Å²) in [7, 11) is 0. The topological polar surface area (TPSA) is 39.4 Å². The van der Waals surface area contributed by atoms with E-state index in [0.29, 0.717) is 5.90 Å². The van der Waals surface area contributed by atoms with Gasteiger partial charge in [-0.05, 0) is 71.9 Å². The van der Waals surface area contributed by atoms with E-state index in [-0.39, 0.29) is 38.6 Å². The zero-order valence-electron chi connectivity index (χ0n) is 26.4. The first-order chi connectivity index (χ1) is 21.2. The second-order valence-corrected chi connectivity index (χ2v) is 13.2. The van der Waals surface area contributed by atoms with Crippen LogP contribution in [0, 0.1) is 39.8 Å². The Hall–Kier alpha value is -4.01. The fraction of sp³-hybridized carbons (Fsp3) is 0.250. The van der Waals surface area contributed by atoms with Crippen LogP contribution in [0.25, 0.3) is 38.8 Å². The predicted octanol–water partition coefficient (Wildman–Crippen LogP) is 8.73. The van der Waals surface area contributed by atoms with Gasteiger partial charge in [0.15, 0.2) is 0 Å². The first kappa shape index (κ1) is 29.7. The minimum absolute atomic E-state index is 0. The smallest absolute Gasteiger partial charge is 0.514 e. The Morgan fingerprint density at radius 3 is 2.44 bits per heavy atom. The molecule has 0 saturated carbocycles. The van der Waals surface area contributed by atoms with Gasteiger partial charge in [-0.2, -0.15) is 0 Å². The number of aryl methyl sites for hydroxylation is 4.